The highest BCUT2D eigenvalue weighted by molar-refractivity contribution is 5.94. The molecule has 1 saturated heterocycles. The van der Waals surface area contributed by atoms with Crippen LogP contribution in [0.4, 0.5) is 8.78 Å². The summed E-state index contributed by atoms with van der Waals surface area (Å²) in [5, 5.41) is 2.14. The van der Waals surface area contributed by atoms with Gasteiger partial charge in [0.15, 0.2) is 0 Å². The number of rotatable bonds is 4. The van der Waals surface area contributed by atoms with Crippen LogP contribution in [0, 0.1) is 17.6 Å². The first-order valence-electron chi connectivity index (χ1n) is 9.90. The van der Waals surface area contributed by atoms with Crippen molar-refractivity contribution in [3.63, 3.8) is 0 Å². The molecule has 154 valence electrons. The van der Waals surface area contributed by atoms with Crippen LogP contribution in [0.2, 0.25) is 0 Å². The molecular weight excluding hydrogens is 388 g/mol. The number of carbonyl (C=O) groups excluding carboxylic acids is 2. The zero-order valence-electron chi connectivity index (χ0n) is 16.3. The van der Waals surface area contributed by atoms with Crippen LogP contribution in [-0.4, -0.2) is 29.9 Å². The van der Waals surface area contributed by atoms with Crippen molar-refractivity contribution in [2.24, 2.45) is 5.92 Å². The van der Waals surface area contributed by atoms with Gasteiger partial charge >= 0.3 is 5.97 Å². The van der Waals surface area contributed by atoms with Crippen LogP contribution in [0.15, 0.2) is 60.7 Å². The summed E-state index contributed by atoms with van der Waals surface area (Å²) in [6.07, 6.45) is 0.895. The van der Waals surface area contributed by atoms with Crippen LogP contribution in [0.1, 0.15) is 28.8 Å². The van der Waals surface area contributed by atoms with Gasteiger partial charge in [-0.05, 0) is 41.3 Å². The van der Waals surface area contributed by atoms with E-state index in [4.69, 9.17) is 4.74 Å². The lowest BCUT2D eigenvalue weighted by molar-refractivity contribution is -0.151. The predicted molar refractivity (Wildman–Crippen MR) is 109 cm³/mol. The average molecular weight is 409 g/mol. The molecule has 1 aliphatic heterocycles. The number of piperidine rings is 1. The molecule has 0 aliphatic carbocycles. The van der Waals surface area contributed by atoms with E-state index in [2.05, 4.69) is 0 Å². The monoisotopic (exact) mass is 409 g/mol. The van der Waals surface area contributed by atoms with E-state index in [1.54, 1.807) is 0 Å². The van der Waals surface area contributed by atoms with E-state index in [0.29, 0.717) is 32.0 Å². The smallest absolute Gasteiger partial charge is 0.309 e. The van der Waals surface area contributed by atoms with E-state index in [-0.39, 0.29) is 24.1 Å². The molecule has 4 rings (SSSR count). The molecule has 30 heavy (non-hydrogen) atoms. The van der Waals surface area contributed by atoms with Crippen LogP contribution in [0.3, 0.4) is 0 Å². The fraction of sp³-hybridized carbons (Fsp3) is 0.250. The number of fused-ring (bicyclic) bond motifs is 1. The molecule has 1 heterocycles. The van der Waals surface area contributed by atoms with Gasteiger partial charge in [-0.25, -0.2) is 8.78 Å². The summed E-state index contributed by atoms with van der Waals surface area (Å²) in [4.78, 5) is 26.5. The molecule has 0 radical (unpaired) electrons. The SMILES string of the molecule is O=C(OCc1cccc2ccccc12)C1CCN(C(=O)c2ccc(F)cc2F)CC1. The Morgan fingerprint density at radius 3 is 2.47 bits per heavy atom. The fourth-order valence-electron chi connectivity index (χ4n) is 3.84. The van der Waals surface area contributed by atoms with Crippen molar-refractivity contribution in [2.45, 2.75) is 19.4 Å². The van der Waals surface area contributed by atoms with Gasteiger partial charge in [-0.1, -0.05) is 42.5 Å². The van der Waals surface area contributed by atoms with E-state index in [1.165, 1.54) is 4.90 Å². The number of likely N-dealkylation sites (tertiary alicyclic amines) is 1. The standard InChI is InChI=1S/C24H21F2NO3/c25-19-8-9-21(22(26)14-19)23(28)27-12-10-17(11-13-27)24(29)30-15-18-6-3-5-16-4-1-2-7-20(16)18/h1-9,14,17H,10-13,15H2. The number of halogens is 2. The minimum absolute atomic E-state index is 0.159. The van der Waals surface area contributed by atoms with Crippen molar-refractivity contribution in [3.05, 3.63) is 83.4 Å². The van der Waals surface area contributed by atoms with Gasteiger partial charge < -0.3 is 9.64 Å². The second-order valence-electron chi connectivity index (χ2n) is 7.44. The van der Waals surface area contributed by atoms with Gasteiger partial charge in [0.2, 0.25) is 0 Å². The second-order valence-corrected chi connectivity index (χ2v) is 7.44. The van der Waals surface area contributed by atoms with E-state index >= 15 is 0 Å². The summed E-state index contributed by atoms with van der Waals surface area (Å²) in [6, 6.07) is 16.7. The minimum atomic E-state index is -0.878. The summed E-state index contributed by atoms with van der Waals surface area (Å²) in [7, 11) is 0. The Morgan fingerprint density at radius 1 is 0.967 bits per heavy atom. The highest BCUT2D eigenvalue weighted by Gasteiger charge is 2.29. The molecule has 0 unspecified atom stereocenters. The lowest BCUT2D eigenvalue weighted by Crippen LogP contribution is -2.41. The predicted octanol–water partition coefficient (Wildman–Crippen LogP) is 4.71. The largest absolute Gasteiger partial charge is 0.461 e. The maximum Gasteiger partial charge on any atom is 0.309 e. The molecule has 4 nitrogen and oxygen atoms in total. The Bertz CT molecular complexity index is 1090. The molecule has 3 aromatic carbocycles. The molecular formula is C24H21F2NO3. The maximum absolute atomic E-state index is 13.9. The van der Waals surface area contributed by atoms with Gasteiger partial charge in [0, 0.05) is 19.2 Å². The molecule has 1 amide bonds. The third-order valence-corrected chi connectivity index (χ3v) is 5.53. The normalized spacial score (nSPS) is 14.7. The zero-order chi connectivity index (χ0) is 21.1. The molecule has 3 aromatic rings. The lowest BCUT2D eigenvalue weighted by Gasteiger charge is -2.31. The van der Waals surface area contributed by atoms with Gasteiger partial charge in [-0.3, -0.25) is 9.59 Å². The molecule has 0 bridgehead atoms. The molecule has 0 spiro atoms. The minimum Gasteiger partial charge on any atom is -0.461 e. The molecule has 1 fully saturated rings. The number of amides is 1. The third-order valence-electron chi connectivity index (χ3n) is 5.53. The topological polar surface area (TPSA) is 46.6 Å². The van der Waals surface area contributed by atoms with Crippen LogP contribution in [0.5, 0.6) is 0 Å². The van der Waals surface area contributed by atoms with Crippen LogP contribution in [0.25, 0.3) is 10.8 Å². The van der Waals surface area contributed by atoms with Gasteiger partial charge in [-0.15, -0.1) is 0 Å². The van der Waals surface area contributed by atoms with Gasteiger partial charge in [0.25, 0.3) is 5.91 Å². The van der Waals surface area contributed by atoms with Crippen molar-refractivity contribution in [1.82, 2.24) is 4.90 Å². The summed E-state index contributed by atoms with van der Waals surface area (Å²) in [5.41, 5.74) is 0.786. The van der Waals surface area contributed by atoms with Gasteiger partial charge in [0.1, 0.15) is 18.2 Å². The Balaban J connectivity index is 1.33. The zero-order valence-corrected chi connectivity index (χ0v) is 16.3. The third kappa shape index (κ3) is 4.17. The van der Waals surface area contributed by atoms with E-state index in [0.717, 1.165) is 28.5 Å². The number of benzene rings is 3. The van der Waals surface area contributed by atoms with Gasteiger partial charge in [0.05, 0.1) is 11.5 Å². The lowest BCUT2D eigenvalue weighted by atomic mass is 9.96. The summed E-state index contributed by atoms with van der Waals surface area (Å²) in [5.74, 6) is -2.69. The summed E-state index contributed by atoms with van der Waals surface area (Å²) >= 11 is 0. The summed E-state index contributed by atoms with van der Waals surface area (Å²) in [6.45, 7) is 0.841. The van der Waals surface area contributed by atoms with Crippen molar-refractivity contribution in [1.29, 1.82) is 0 Å². The van der Waals surface area contributed by atoms with E-state index in [9.17, 15) is 18.4 Å². The number of hydrogen-bond acceptors (Lipinski definition) is 3. The Morgan fingerprint density at radius 2 is 1.70 bits per heavy atom. The van der Waals surface area contributed by atoms with E-state index < -0.39 is 17.5 Å². The number of nitrogens with zero attached hydrogens (tertiary/aromatic N) is 1. The first kappa shape index (κ1) is 20.0. The first-order valence-corrected chi connectivity index (χ1v) is 9.90. The fourth-order valence-corrected chi connectivity index (χ4v) is 3.84. The summed E-state index contributed by atoms with van der Waals surface area (Å²) < 4.78 is 32.5. The molecule has 6 heteroatoms. The number of esters is 1. The van der Waals surface area contributed by atoms with Crippen molar-refractivity contribution in [2.75, 3.05) is 13.1 Å². The molecule has 0 N–H and O–H groups in total. The Hall–Kier alpha value is -3.28. The van der Waals surface area contributed by atoms with Gasteiger partial charge in [-0.2, -0.15) is 0 Å². The molecule has 0 saturated carbocycles. The maximum atomic E-state index is 13.9. The van der Waals surface area contributed by atoms with Crippen molar-refractivity contribution >= 4 is 22.6 Å². The van der Waals surface area contributed by atoms with E-state index in [1.807, 2.05) is 42.5 Å². The Kier molecular flexibility index (Phi) is 5.74. The Labute approximate surface area is 173 Å². The average Bonchev–Trinajstić information content (AvgIpc) is 2.77. The molecule has 0 aromatic heterocycles. The number of hydrogen-bond donors (Lipinski definition) is 0. The highest BCUT2D eigenvalue weighted by Crippen LogP contribution is 2.23. The molecule has 0 atom stereocenters. The molecule has 1 aliphatic rings. The van der Waals surface area contributed by atoms with Crippen LogP contribution in [-0.2, 0) is 16.1 Å². The van der Waals surface area contributed by atoms with Crippen molar-refractivity contribution in [3.8, 4) is 0 Å². The first-order chi connectivity index (χ1) is 14.5. The van der Waals surface area contributed by atoms with Crippen molar-refractivity contribution < 1.29 is 23.1 Å². The quantitative estimate of drug-likeness (QED) is 0.586. The number of carbonyl (C=O) groups is 2. The van der Waals surface area contributed by atoms with Crippen LogP contribution >= 0.6 is 0 Å². The number of ether oxygens (including phenoxy) is 1. The van der Waals surface area contributed by atoms with Crippen LogP contribution < -0.4 is 0 Å². The second kappa shape index (κ2) is 8.61. The highest BCUT2D eigenvalue weighted by atomic mass is 19.1.